The summed E-state index contributed by atoms with van der Waals surface area (Å²) in [6.07, 6.45) is 6.78. The van der Waals surface area contributed by atoms with Gasteiger partial charge < -0.3 is 15.1 Å². The number of hydrogen-bond donors (Lipinski definition) is 1. The average Bonchev–Trinajstić information content (AvgIpc) is 2.92. The number of likely N-dealkylation sites (N-methyl/N-ethyl adjacent to an activating group) is 2. The Hall–Kier alpha value is -1.10. The van der Waals surface area contributed by atoms with E-state index in [4.69, 9.17) is 0 Å². The van der Waals surface area contributed by atoms with Crippen LogP contribution in [0.2, 0.25) is 0 Å². The highest BCUT2D eigenvalue weighted by atomic mass is 16.2. The second-order valence-corrected chi connectivity index (χ2v) is 6.63. The van der Waals surface area contributed by atoms with E-state index in [0.717, 1.165) is 25.8 Å². The summed E-state index contributed by atoms with van der Waals surface area (Å²) < 4.78 is 0. The zero-order valence-corrected chi connectivity index (χ0v) is 13.6. The Balaban J connectivity index is 1.84. The molecule has 0 bridgehead atoms. The predicted molar refractivity (Wildman–Crippen MR) is 82.9 cm³/mol. The molecule has 5 heteroatoms. The van der Waals surface area contributed by atoms with Gasteiger partial charge >= 0.3 is 0 Å². The Labute approximate surface area is 128 Å². The maximum absolute atomic E-state index is 12.4. The molecule has 2 aliphatic rings. The summed E-state index contributed by atoms with van der Waals surface area (Å²) in [6.45, 7) is 3.13. The van der Waals surface area contributed by atoms with Crippen molar-refractivity contribution in [3.63, 3.8) is 0 Å². The molecule has 0 aromatic heterocycles. The molecule has 120 valence electrons. The third-order valence-electron chi connectivity index (χ3n) is 5.11. The van der Waals surface area contributed by atoms with Crippen LogP contribution in [-0.2, 0) is 9.59 Å². The molecule has 2 amide bonds. The SMILES string of the molecule is CC1NCCC1C(=O)N(C)CC(=O)N(C)C1CCCCC1. The molecule has 1 aliphatic heterocycles. The average molecular weight is 295 g/mol. The smallest absolute Gasteiger partial charge is 0.242 e. The van der Waals surface area contributed by atoms with Crippen molar-refractivity contribution in [1.29, 1.82) is 0 Å². The number of hydrogen-bond acceptors (Lipinski definition) is 3. The second-order valence-electron chi connectivity index (χ2n) is 6.63. The lowest BCUT2D eigenvalue weighted by atomic mass is 9.94. The Kier molecular flexibility index (Phi) is 5.62. The zero-order chi connectivity index (χ0) is 15.4. The molecule has 2 rings (SSSR count). The van der Waals surface area contributed by atoms with Crippen molar-refractivity contribution in [2.24, 2.45) is 5.92 Å². The highest BCUT2D eigenvalue weighted by molar-refractivity contribution is 5.86. The molecule has 2 atom stereocenters. The van der Waals surface area contributed by atoms with Gasteiger partial charge in [0.1, 0.15) is 0 Å². The number of carbonyl (C=O) groups excluding carboxylic acids is 2. The molecule has 0 radical (unpaired) electrons. The molecule has 1 heterocycles. The first kappa shape index (κ1) is 16.3. The molecular formula is C16H29N3O2. The Bertz CT molecular complexity index is 380. The van der Waals surface area contributed by atoms with Crippen molar-refractivity contribution in [3.05, 3.63) is 0 Å². The maximum Gasteiger partial charge on any atom is 0.242 e. The minimum absolute atomic E-state index is 0.0165. The normalized spacial score (nSPS) is 26.6. The zero-order valence-electron chi connectivity index (χ0n) is 13.6. The maximum atomic E-state index is 12.4. The van der Waals surface area contributed by atoms with Gasteiger partial charge in [-0.15, -0.1) is 0 Å². The number of carbonyl (C=O) groups is 2. The molecule has 0 aromatic rings. The Morgan fingerprint density at radius 2 is 1.76 bits per heavy atom. The largest absolute Gasteiger partial charge is 0.341 e. The summed E-state index contributed by atoms with van der Waals surface area (Å²) in [4.78, 5) is 28.2. The van der Waals surface area contributed by atoms with E-state index in [1.54, 1.807) is 11.9 Å². The van der Waals surface area contributed by atoms with Crippen LogP contribution in [0, 0.1) is 5.92 Å². The van der Waals surface area contributed by atoms with Crippen LogP contribution in [0.3, 0.4) is 0 Å². The lowest BCUT2D eigenvalue weighted by Gasteiger charge is -2.33. The van der Waals surface area contributed by atoms with E-state index >= 15 is 0 Å². The lowest BCUT2D eigenvalue weighted by Crippen LogP contribution is -2.46. The van der Waals surface area contributed by atoms with Gasteiger partial charge in [-0.05, 0) is 32.7 Å². The third-order valence-corrected chi connectivity index (χ3v) is 5.11. The summed E-state index contributed by atoms with van der Waals surface area (Å²) in [7, 11) is 3.64. The van der Waals surface area contributed by atoms with Crippen molar-refractivity contribution < 1.29 is 9.59 Å². The Morgan fingerprint density at radius 3 is 2.33 bits per heavy atom. The Morgan fingerprint density at radius 1 is 1.10 bits per heavy atom. The van der Waals surface area contributed by atoms with Crippen molar-refractivity contribution in [3.8, 4) is 0 Å². The van der Waals surface area contributed by atoms with E-state index in [1.165, 1.54) is 19.3 Å². The van der Waals surface area contributed by atoms with Crippen LogP contribution in [0.25, 0.3) is 0 Å². The quantitative estimate of drug-likeness (QED) is 0.849. The van der Waals surface area contributed by atoms with E-state index in [2.05, 4.69) is 5.32 Å². The van der Waals surface area contributed by atoms with E-state index in [9.17, 15) is 9.59 Å². The molecule has 1 saturated heterocycles. The molecule has 0 aromatic carbocycles. The van der Waals surface area contributed by atoms with Crippen LogP contribution in [0.5, 0.6) is 0 Å². The molecule has 5 nitrogen and oxygen atoms in total. The fraction of sp³-hybridized carbons (Fsp3) is 0.875. The number of rotatable bonds is 4. The topological polar surface area (TPSA) is 52.7 Å². The van der Waals surface area contributed by atoms with E-state index in [1.807, 2.05) is 18.9 Å². The third kappa shape index (κ3) is 3.96. The van der Waals surface area contributed by atoms with Gasteiger partial charge in [0, 0.05) is 26.2 Å². The minimum atomic E-state index is 0.0165. The van der Waals surface area contributed by atoms with Gasteiger partial charge in [-0.2, -0.15) is 0 Å². The highest BCUT2D eigenvalue weighted by Crippen LogP contribution is 2.22. The van der Waals surface area contributed by atoms with Crippen LogP contribution in [0.15, 0.2) is 0 Å². The van der Waals surface area contributed by atoms with Crippen molar-refractivity contribution in [2.45, 2.75) is 57.5 Å². The second kappa shape index (κ2) is 7.25. The van der Waals surface area contributed by atoms with Gasteiger partial charge in [0.05, 0.1) is 12.5 Å². The highest BCUT2D eigenvalue weighted by Gasteiger charge is 2.32. The molecule has 2 fully saturated rings. The van der Waals surface area contributed by atoms with Crippen LogP contribution in [0.1, 0.15) is 45.4 Å². The summed E-state index contributed by atoms with van der Waals surface area (Å²) in [6, 6.07) is 0.577. The van der Waals surface area contributed by atoms with Gasteiger partial charge in [-0.1, -0.05) is 19.3 Å². The lowest BCUT2D eigenvalue weighted by molar-refractivity contribution is -0.142. The molecule has 1 aliphatic carbocycles. The number of amides is 2. The summed E-state index contributed by atoms with van der Waals surface area (Å²) in [5.74, 6) is 0.178. The molecule has 2 unspecified atom stereocenters. The molecule has 1 N–H and O–H groups in total. The van der Waals surface area contributed by atoms with Crippen LogP contribution < -0.4 is 5.32 Å². The van der Waals surface area contributed by atoms with E-state index in [0.29, 0.717) is 6.04 Å². The van der Waals surface area contributed by atoms with Crippen LogP contribution >= 0.6 is 0 Å². The van der Waals surface area contributed by atoms with Gasteiger partial charge in [0.15, 0.2) is 0 Å². The van der Waals surface area contributed by atoms with Gasteiger partial charge in [0.2, 0.25) is 11.8 Å². The fourth-order valence-corrected chi connectivity index (χ4v) is 3.54. The number of nitrogens with one attached hydrogen (secondary N) is 1. The standard InChI is InChI=1S/C16H29N3O2/c1-12-14(9-10-17-12)16(21)18(2)11-15(20)19(3)13-7-5-4-6-8-13/h12-14,17H,4-11H2,1-3H3. The first-order valence-electron chi connectivity index (χ1n) is 8.24. The molecule has 1 saturated carbocycles. The van der Waals surface area contributed by atoms with Crippen molar-refractivity contribution in [2.75, 3.05) is 27.2 Å². The van der Waals surface area contributed by atoms with E-state index in [-0.39, 0.29) is 30.3 Å². The van der Waals surface area contributed by atoms with Crippen LogP contribution in [-0.4, -0.2) is 60.9 Å². The first-order chi connectivity index (χ1) is 10.0. The van der Waals surface area contributed by atoms with Crippen molar-refractivity contribution >= 4 is 11.8 Å². The molecule has 0 spiro atoms. The number of nitrogens with zero attached hydrogens (tertiary/aromatic N) is 2. The van der Waals surface area contributed by atoms with Gasteiger partial charge in [-0.3, -0.25) is 9.59 Å². The van der Waals surface area contributed by atoms with Gasteiger partial charge in [-0.25, -0.2) is 0 Å². The predicted octanol–water partition coefficient (Wildman–Crippen LogP) is 1.23. The minimum Gasteiger partial charge on any atom is -0.341 e. The first-order valence-corrected chi connectivity index (χ1v) is 8.24. The summed E-state index contributed by atoms with van der Waals surface area (Å²) >= 11 is 0. The fourth-order valence-electron chi connectivity index (χ4n) is 3.54. The van der Waals surface area contributed by atoms with E-state index < -0.39 is 0 Å². The molecule has 21 heavy (non-hydrogen) atoms. The summed E-state index contributed by atoms with van der Waals surface area (Å²) in [5, 5.41) is 3.29. The van der Waals surface area contributed by atoms with Gasteiger partial charge in [0.25, 0.3) is 0 Å². The molecular weight excluding hydrogens is 266 g/mol. The van der Waals surface area contributed by atoms with Crippen LogP contribution in [0.4, 0.5) is 0 Å². The summed E-state index contributed by atoms with van der Waals surface area (Å²) in [5.41, 5.74) is 0. The monoisotopic (exact) mass is 295 g/mol. The van der Waals surface area contributed by atoms with Crippen molar-refractivity contribution in [1.82, 2.24) is 15.1 Å².